The van der Waals surface area contributed by atoms with Gasteiger partial charge in [-0.25, -0.2) is 0 Å². The topological polar surface area (TPSA) is 68.0 Å². The number of nitrogens with one attached hydrogen (secondary N) is 1. The molecule has 0 saturated heterocycles. The lowest BCUT2D eigenvalue weighted by Crippen LogP contribution is -2.12. The summed E-state index contributed by atoms with van der Waals surface area (Å²) in [5, 5.41) is 11.0. The summed E-state index contributed by atoms with van der Waals surface area (Å²) in [7, 11) is 0. The van der Waals surface area contributed by atoms with E-state index in [4.69, 9.17) is 4.42 Å². The number of nitrogens with zero attached hydrogens (tertiary/aromatic N) is 2. The van der Waals surface area contributed by atoms with Gasteiger partial charge >= 0.3 is 0 Å². The SMILES string of the molecule is CC(C)c1cccc(NC(=O)CCc2nnc(-c3ccccc3)o2)c1. The summed E-state index contributed by atoms with van der Waals surface area (Å²) in [6, 6.07) is 17.5. The van der Waals surface area contributed by atoms with E-state index in [1.54, 1.807) is 0 Å². The van der Waals surface area contributed by atoms with E-state index in [0.717, 1.165) is 11.3 Å². The first-order valence-electron chi connectivity index (χ1n) is 8.39. The summed E-state index contributed by atoms with van der Waals surface area (Å²) in [5.74, 6) is 1.29. The van der Waals surface area contributed by atoms with E-state index in [-0.39, 0.29) is 5.91 Å². The molecule has 5 heteroatoms. The molecule has 3 aromatic rings. The van der Waals surface area contributed by atoms with Gasteiger partial charge in [0.2, 0.25) is 17.7 Å². The summed E-state index contributed by atoms with van der Waals surface area (Å²) < 4.78 is 5.62. The summed E-state index contributed by atoms with van der Waals surface area (Å²) in [6.45, 7) is 4.25. The fraction of sp³-hybridized carbons (Fsp3) is 0.250. The van der Waals surface area contributed by atoms with Crippen LogP contribution in [0.25, 0.3) is 11.5 Å². The molecule has 1 heterocycles. The monoisotopic (exact) mass is 335 g/mol. The Balaban J connectivity index is 1.56. The molecule has 0 aliphatic rings. The van der Waals surface area contributed by atoms with E-state index < -0.39 is 0 Å². The Morgan fingerprint density at radius 2 is 1.88 bits per heavy atom. The van der Waals surface area contributed by atoms with Crippen molar-refractivity contribution in [3.8, 4) is 11.5 Å². The average Bonchev–Trinajstić information content (AvgIpc) is 3.10. The van der Waals surface area contributed by atoms with Gasteiger partial charge in [0.15, 0.2) is 0 Å². The number of hydrogen-bond acceptors (Lipinski definition) is 4. The number of aromatic nitrogens is 2. The molecule has 5 nitrogen and oxygen atoms in total. The van der Waals surface area contributed by atoms with E-state index in [1.165, 1.54) is 5.56 Å². The predicted molar refractivity (Wildman–Crippen MR) is 97.2 cm³/mol. The maximum Gasteiger partial charge on any atom is 0.247 e. The Hall–Kier alpha value is -2.95. The molecule has 0 aliphatic heterocycles. The molecule has 0 aliphatic carbocycles. The van der Waals surface area contributed by atoms with Crippen molar-refractivity contribution < 1.29 is 9.21 Å². The van der Waals surface area contributed by atoms with Gasteiger partial charge in [0.05, 0.1) is 0 Å². The second-order valence-electron chi connectivity index (χ2n) is 6.20. The summed E-state index contributed by atoms with van der Waals surface area (Å²) in [6.07, 6.45) is 0.706. The largest absolute Gasteiger partial charge is 0.421 e. The highest BCUT2D eigenvalue weighted by Crippen LogP contribution is 2.19. The van der Waals surface area contributed by atoms with Crippen molar-refractivity contribution in [1.29, 1.82) is 0 Å². The minimum atomic E-state index is -0.0691. The Morgan fingerprint density at radius 3 is 2.64 bits per heavy atom. The number of benzene rings is 2. The highest BCUT2D eigenvalue weighted by atomic mass is 16.4. The second-order valence-corrected chi connectivity index (χ2v) is 6.20. The number of hydrogen-bond donors (Lipinski definition) is 1. The van der Waals surface area contributed by atoms with Crippen LogP contribution in [-0.2, 0) is 11.2 Å². The number of amides is 1. The van der Waals surface area contributed by atoms with E-state index in [2.05, 4.69) is 35.4 Å². The van der Waals surface area contributed by atoms with Crippen molar-refractivity contribution in [3.63, 3.8) is 0 Å². The lowest BCUT2D eigenvalue weighted by atomic mass is 10.0. The molecule has 128 valence electrons. The van der Waals surface area contributed by atoms with Crippen LogP contribution in [0.4, 0.5) is 5.69 Å². The van der Waals surface area contributed by atoms with Crippen molar-refractivity contribution in [2.45, 2.75) is 32.6 Å². The lowest BCUT2D eigenvalue weighted by molar-refractivity contribution is -0.116. The second kappa shape index (κ2) is 7.75. The molecule has 0 spiro atoms. The first kappa shape index (κ1) is 16.9. The quantitative estimate of drug-likeness (QED) is 0.723. The third-order valence-electron chi connectivity index (χ3n) is 3.89. The summed E-state index contributed by atoms with van der Waals surface area (Å²) in [4.78, 5) is 12.1. The standard InChI is InChI=1S/C20H21N3O2/c1-14(2)16-9-6-10-17(13-16)21-18(24)11-12-19-22-23-20(25-19)15-7-4-3-5-8-15/h3-10,13-14H,11-12H2,1-2H3,(H,21,24). The van der Waals surface area contributed by atoms with Gasteiger partial charge in [-0.15, -0.1) is 10.2 Å². The molecule has 2 aromatic carbocycles. The van der Waals surface area contributed by atoms with Crippen molar-refractivity contribution in [2.75, 3.05) is 5.32 Å². The van der Waals surface area contributed by atoms with Crippen molar-refractivity contribution in [3.05, 3.63) is 66.1 Å². The fourth-order valence-corrected chi connectivity index (χ4v) is 2.47. The van der Waals surface area contributed by atoms with Gasteiger partial charge in [-0.05, 0) is 35.7 Å². The fourth-order valence-electron chi connectivity index (χ4n) is 2.47. The lowest BCUT2D eigenvalue weighted by Gasteiger charge is -2.09. The number of rotatable bonds is 6. The molecule has 1 N–H and O–H groups in total. The van der Waals surface area contributed by atoms with Crippen LogP contribution in [0.1, 0.15) is 37.6 Å². The molecule has 1 aromatic heterocycles. The molecular formula is C20H21N3O2. The molecule has 0 radical (unpaired) electrons. The summed E-state index contributed by atoms with van der Waals surface area (Å²) in [5.41, 5.74) is 2.88. The van der Waals surface area contributed by atoms with Gasteiger partial charge in [-0.3, -0.25) is 4.79 Å². The van der Waals surface area contributed by atoms with E-state index in [0.29, 0.717) is 30.5 Å². The molecule has 0 bridgehead atoms. The van der Waals surface area contributed by atoms with Crippen LogP contribution >= 0.6 is 0 Å². The highest BCUT2D eigenvalue weighted by molar-refractivity contribution is 5.90. The van der Waals surface area contributed by atoms with Gasteiger partial charge in [0.25, 0.3) is 0 Å². The smallest absolute Gasteiger partial charge is 0.247 e. The third kappa shape index (κ3) is 4.53. The Bertz CT molecular complexity index is 841. The molecule has 25 heavy (non-hydrogen) atoms. The Morgan fingerprint density at radius 1 is 1.08 bits per heavy atom. The molecule has 1 amide bonds. The van der Waals surface area contributed by atoms with Crippen LogP contribution in [0.2, 0.25) is 0 Å². The van der Waals surface area contributed by atoms with Crippen molar-refractivity contribution in [2.24, 2.45) is 0 Å². The number of aryl methyl sites for hydroxylation is 1. The first-order chi connectivity index (χ1) is 12.1. The maximum absolute atomic E-state index is 12.1. The number of anilines is 1. The van der Waals surface area contributed by atoms with Gasteiger partial charge in [0, 0.05) is 24.1 Å². The molecule has 0 unspecified atom stereocenters. The normalized spacial score (nSPS) is 10.8. The van der Waals surface area contributed by atoms with Gasteiger partial charge < -0.3 is 9.73 Å². The van der Waals surface area contributed by atoms with Crippen LogP contribution in [0, 0.1) is 0 Å². The van der Waals surface area contributed by atoms with Crippen molar-refractivity contribution in [1.82, 2.24) is 10.2 Å². The number of carbonyl (C=O) groups excluding carboxylic acids is 1. The summed E-state index contributed by atoms with van der Waals surface area (Å²) >= 11 is 0. The predicted octanol–water partition coefficient (Wildman–Crippen LogP) is 4.43. The van der Waals surface area contributed by atoms with Crippen LogP contribution in [0.15, 0.2) is 59.0 Å². The Kier molecular flexibility index (Phi) is 5.23. The van der Waals surface area contributed by atoms with Crippen LogP contribution in [0.5, 0.6) is 0 Å². The molecule has 0 saturated carbocycles. The van der Waals surface area contributed by atoms with E-state index in [1.807, 2.05) is 48.5 Å². The minimum Gasteiger partial charge on any atom is -0.421 e. The number of carbonyl (C=O) groups is 1. The maximum atomic E-state index is 12.1. The van der Waals surface area contributed by atoms with Gasteiger partial charge in [-0.2, -0.15) is 0 Å². The molecule has 3 rings (SSSR count). The van der Waals surface area contributed by atoms with E-state index >= 15 is 0 Å². The zero-order chi connectivity index (χ0) is 17.6. The molecule has 0 fully saturated rings. The molecular weight excluding hydrogens is 314 g/mol. The van der Waals surface area contributed by atoms with Crippen LogP contribution < -0.4 is 5.32 Å². The van der Waals surface area contributed by atoms with Crippen molar-refractivity contribution >= 4 is 11.6 Å². The zero-order valence-electron chi connectivity index (χ0n) is 14.4. The van der Waals surface area contributed by atoms with Crippen LogP contribution in [-0.4, -0.2) is 16.1 Å². The van der Waals surface area contributed by atoms with Crippen LogP contribution in [0.3, 0.4) is 0 Å². The molecule has 0 atom stereocenters. The average molecular weight is 335 g/mol. The minimum absolute atomic E-state index is 0.0691. The van der Waals surface area contributed by atoms with Gasteiger partial charge in [0.1, 0.15) is 0 Å². The Labute approximate surface area is 147 Å². The highest BCUT2D eigenvalue weighted by Gasteiger charge is 2.11. The van der Waals surface area contributed by atoms with Gasteiger partial charge in [-0.1, -0.05) is 44.2 Å². The first-order valence-corrected chi connectivity index (χ1v) is 8.39. The third-order valence-corrected chi connectivity index (χ3v) is 3.89. The van der Waals surface area contributed by atoms with E-state index in [9.17, 15) is 4.79 Å². The zero-order valence-corrected chi connectivity index (χ0v) is 14.4.